The molecule has 2 aliphatic rings. The van der Waals surface area contributed by atoms with E-state index in [0.29, 0.717) is 0 Å². The van der Waals surface area contributed by atoms with Gasteiger partial charge in [0.15, 0.2) is 0 Å². The van der Waals surface area contributed by atoms with Crippen LogP contribution in [0.2, 0.25) is 0 Å². The fourth-order valence-electron chi connectivity index (χ4n) is 3.72. The van der Waals surface area contributed by atoms with Crippen molar-refractivity contribution in [3.63, 3.8) is 0 Å². The molecule has 1 amide bonds. The first kappa shape index (κ1) is 16.0. The van der Waals surface area contributed by atoms with E-state index >= 15 is 0 Å². The van der Waals surface area contributed by atoms with Gasteiger partial charge in [0.2, 0.25) is 0 Å². The molecule has 0 bridgehead atoms. The lowest BCUT2D eigenvalue weighted by atomic mass is 9.95. The fourth-order valence-corrected chi connectivity index (χ4v) is 4.41. The summed E-state index contributed by atoms with van der Waals surface area (Å²) in [6, 6.07) is 3.92. The zero-order chi connectivity index (χ0) is 15.4. The number of nitrogens with zero attached hydrogens (tertiary/aromatic N) is 2. The van der Waals surface area contributed by atoms with Crippen molar-refractivity contribution in [2.24, 2.45) is 11.8 Å². The molecule has 0 aromatic carbocycles. The van der Waals surface area contributed by atoms with Crippen molar-refractivity contribution in [2.75, 3.05) is 32.7 Å². The van der Waals surface area contributed by atoms with E-state index in [1.807, 2.05) is 17.5 Å². The van der Waals surface area contributed by atoms with Crippen molar-refractivity contribution in [3.05, 3.63) is 22.4 Å². The SMILES string of the molecule is CC1CCN(CC2CCCN(C(=O)c3cccs3)CC2)CC1. The number of piperidine rings is 1. The molecule has 1 aromatic rings. The monoisotopic (exact) mass is 320 g/mol. The van der Waals surface area contributed by atoms with Crippen LogP contribution in [0, 0.1) is 11.8 Å². The van der Waals surface area contributed by atoms with E-state index in [2.05, 4.69) is 16.7 Å². The molecular formula is C18H28N2OS. The molecule has 2 aliphatic heterocycles. The normalized spacial score (nSPS) is 25.1. The van der Waals surface area contributed by atoms with Crippen LogP contribution in [-0.4, -0.2) is 48.4 Å². The van der Waals surface area contributed by atoms with Gasteiger partial charge in [0.05, 0.1) is 4.88 Å². The Morgan fingerprint density at radius 1 is 1.18 bits per heavy atom. The number of hydrogen-bond donors (Lipinski definition) is 0. The van der Waals surface area contributed by atoms with Crippen LogP contribution in [0.25, 0.3) is 0 Å². The first-order valence-electron chi connectivity index (χ1n) is 8.77. The number of carbonyl (C=O) groups excluding carboxylic acids is 1. The molecule has 1 aromatic heterocycles. The van der Waals surface area contributed by atoms with Crippen LogP contribution in [-0.2, 0) is 0 Å². The number of thiophene rings is 1. The summed E-state index contributed by atoms with van der Waals surface area (Å²) in [5, 5.41) is 1.99. The summed E-state index contributed by atoms with van der Waals surface area (Å²) in [6.07, 6.45) is 6.32. The molecule has 122 valence electrons. The van der Waals surface area contributed by atoms with E-state index in [9.17, 15) is 4.79 Å². The fraction of sp³-hybridized carbons (Fsp3) is 0.722. The van der Waals surface area contributed by atoms with Gasteiger partial charge in [0.25, 0.3) is 5.91 Å². The maximum atomic E-state index is 12.5. The van der Waals surface area contributed by atoms with Gasteiger partial charge in [0.1, 0.15) is 0 Å². The highest BCUT2D eigenvalue weighted by Gasteiger charge is 2.24. The van der Waals surface area contributed by atoms with Crippen molar-refractivity contribution < 1.29 is 4.79 Å². The maximum absolute atomic E-state index is 12.5. The molecule has 1 atom stereocenters. The molecule has 0 saturated carbocycles. The topological polar surface area (TPSA) is 23.6 Å². The molecule has 0 N–H and O–H groups in total. The summed E-state index contributed by atoms with van der Waals surface area (Å²) < 4.78 is 0. The van der Waals surface area contributed by atoms with E-state index < -0.39 is 0 Å². The minimum Gasteiger partial charge on any atom is -0.338 e. The Balaban J connectivity index is 1.48. The molecule has 0 spiro atoms. The Labute approximate surface area is 138 Å². The molecular weight excluding hydrogens is 292 g/mol. The van der Waals surface area contributed by atoms with Gasteiger partial charge in [-0.1, -0.05) is 13.0 Å². The van der Waals surface area contributed by atoms with Crippen LogP contribution in [0.1, 0.15) is 48.7 Å². The number of rotatable bonds is 3. The molecule has 3 heterocycles. The molecule has 22 heavy (non-hydrogen) atoms. The molecule has 0 aliphatic carbocycles. The van der Waals surface area contributed by atoms with Crippen molar-refractivity contribution in [2.45, 2.75) is 39.0 Å². The average molecular weight is 321 g/mol. The minimum absolute atomic E-state index is 0.238. The predicted molar refractivity (Wildman–Crippen MR) is 92.4 cm³/mol. The highest BCUT2D eigenvalue weighted by Crippen LogP contribution is 2.23. The van der Waals surface area contributed by atoms with Crippen LogP contribution in [0.4, 0.5) is 0 Å². The van der Waals surface area contributed by atoms with Crippen LogP contribution < -0.4 is 0 Å². The summed E-state index contributed by atoms with van der Waals surface area (Å²) in [5.41, 5.74) is 0. The molecule has 2 fully saturated rings. The van der Waals surface area contributed by atoms with E-state index in [1.165, 1.54) is 45.3 Å². The molecule has 4 heteroatoms. The molecule has 0 radical (unpaired) electrons. The Bertz CT molecular complexity index is 465. The second-order valence-electron chi connectivity index (χ2n) is 7.05. The number of carbonyl (C=O) groups is 1. The third-order valence-electron chi connectivity index (χ3n) is 5.26. The average Bonchev–Trinajstić information content (AvgIpc) is 2.96. The lowest BCUT2D eigenvalue weighted by Gasteiger charge is -2.32. The Morgan fingerprint density at radius 2 is 2.00 bits per heavy atom. The zero-order valence-electron chi connectivity index (χ0n) is 13.7. The minimum atomic E-state index is 0.238. The van der Waals surface area contributed by atoms with Gasteiger partial charge < -0.3 is 9.80 Å². The standard InChI is InChI=1S/C18H28N2OS/c1-15-6-10-19(11-7-15)14-16-4-2-9-20(12-8-16)18(21)17-5-3-13-22-17/h3,5,13,15-16H,2,4,6-12,14H2,1H3. The van der Waals surface area contributed by atoms with Crippen molar-refractivity contribution in [3.8, 4) is 0 Å². The summed E-state index contributed by atoms with van der Waals surface area (Å²) in [7, 11) is 0. The predicted octanol–water partition coefficient (Wildman–Crippen LogP) is 3.72. The molecule has 2 saturated heterocycles. The van der Waals surface area contributed by atoms with Crippen LogP contribution in [0.15, 0.2) is 17.5 Å². The van der Waals surface area contributed by atoms with E-state index in [0.717, 1.165) is 36.2 Å². The third-order valence-corrected chi connectivity index (χ3v) is 6.12. The number of likely N-dealkylation sites (tertiary alicyclic amines) is 2. The van der Waals surface area contributed by atoms with Crippen molar-refractivity contribution >= 4 is 17.2 Å². The summed E-state index contributed by atoms with van der Waals surface area (Å²) in [4.78, 5) is 18.1. The largest absolute Gasteiger partial charge is 0.338 e. The smallest absolute Gasteiger partial charge is 0.263 e. The van der Waals surface area contributed by atoms with E-state index in [4.69, 9.17) is 0 Å². The first-order chi connectivity index (χ1) is 10.7. The molecule has 1 unspecified atom stereocenters. The van der Waals surface area contributed by atoms with Gasteiger partial charge in [-0.3, -0.25) is 4.79 Å². The van der Waals surface area contributed by atoms with E-state index in [-0.39, 0.29) is 5.91 Å². The van der Waals surface area contributed by atoms with Crippen molar-refractivity contribution in [1.29, 1.82) is 0 Å². The number of hydrogen-bond acceptors (Lipinski definition) is 3. The maximum Gasteiger partial charge on any atom is 0.263 e. The Hall–Kier alpha value is -0.870. The van der Waals surface area contributed by atoms with Gasteiger partial charge in [-0.25, -0.2) is 0 Å². The summed E-state index contributed by atoms with van der Waals surface area (Å²) in [6.45, 7) is 8.03. The van der Waals surface area contributed by atoms with Gasteiger partial charge in [-0.15, -0.1) is 11.3 Å². The lowest BCUT2D eigenvalue weighted by Crippen LogP contribution is -2.37. The third kappa shape index (κ3) is 4.11. The highest BCUT2D eigenvalue weighted by molar-refractivity contribution is 7.12. The summed E-state index contributed by atoms with van der Waals surface area (Å²) in [5.74, 6) is 1.92. The van der Waals surface area contributed by atoms with Crippen molar-refractivity contribution in [1.82, 2.24) is 9.80 Å². The van der Waals surface area contributed by atoms with E-state index in [1.54, 1.807) is 11.3 Å². The summed E-state index contributed by atoms with van der Waals surface area (Å²) >= 11 is 1.56. The van der Waals surface area contributed by atoms with Crippen LogP contribution in [0.5, 0.6) is 0 Å². The van der Waals surface area contributed by atoms with Gasteiger partial charge >= 0.3 is 0 Å². The molecule has 3 rings (SSSR count). The second-order valence-corrected chi connectivity index (χ2v) is 8.00. The Morgan fingerprint density at radius 3 is 2.73 bits per heavy atom. The zero-order valence-corrected chi connectivity index (χ0v) is 14.5. The highest BCUT2D eigenvalue weighted by atomic mass is 32.1. The van der Waals surface area contributed by atoms with Gasteiger partial charge in [-0.05, 0) is 68.5 Å². The number of amides is 1. The lowest BCUT2D eigenvalue weighted by molar-refractivity contribution is 0.0763. The van der Waals surface area contributed by atoms with Gasteiger partial charge in [-0.2, -0.15) is 0 Å². The van der Waals surface area contributed by atoms with Crippen LogP contribution in [0.3, 0.4) is 0 Å². The second kappa shape index (κ2) is 7.60. The molecule has 3 nitrogen and oxygen atoms in total. The quantitative estimate of drug-likeness (QED) is 0.847. The van der Waals surface area contributed by atoms with Crippen LogP contribution >= 0.6 is 11.3 Å². The van der Waals surface area contributed by atoms with Gasteiger partial charge in [0, 0.05) is 19.6 Å². The first-order valence-corrected chi connectivity index (χ1v) is 9.65. The Kier molecular flexibility index (Phi) is 5.53.